The molecule has 0 radical (unpaired) electrons. The summed E-state index contributed by atoms with van der Waals surface area (Å²) >= 11 is 3.92. The van der Waals surface area contributed by atoms with E-state index in [4.69, 9.17) is 0 Å². The minimum absolute atomic E-state index is 0.495. The highest BCUT2D eigenvalue weighted by molar-refractivity contribution is 14.1. The van der Waals surface area contributed by atoms with Crippen LogP contribution in [0.5, 0.6) is 0 Å². The molecule has 0 amide bonds. The Balaban J connectivity index is 2.28. The normalized spacial score (nSPS) is 12.7. The summed E-state index contributed by atoms with van der Waals surface area (Å²) in [6, 6.07) is 10.0. The number of hydrogen-bond donors (Lipinski definition) is 1. The number of thiophene rings is 1. The van der Waals surface area contributed by atoms with E-state index in [9.17, 15) is 5.11 Å². The van der Waals surface area contributed by atoms with Crippen LogP contribution in [0.3, 0.4) is 0 Å². The first-order valence-electron chi connectivity index (χ1n) is 4.65. The summed E-state index contributed by atoms with van der Waals surface area (Å²) in [7, 11) is 0. The number of rotatable bonds is 2. The van der Waals surface area contributed by atoms with Crippen molar-refractivity contribution in [2.24, 2.45) is 0 Å². The van der Waals surface area contributed by atoms with Crippen LogP contribution in [-0.2, 0) is 0 Å². The highest BCUT2D eigenvalue weighted by Crippen LogP contribution is 2.27. The Hall–Kier alpha value is -0.390. The zero-order valence-electron chi connectivity index (χ0n) is 8.27. The zero-order chi connectivity index (χ0) is 10.8. The van der Waals surface area contributed by atoms with Crippen molar-refractivity contribution in [3.05, 3.63) is 55.3 Å². The van der Waals surface area contributed by atoms with E-state index >= 15 is 0 Å². The van der Waals surface area contributed by atoms with E-state index in [0.717, 1.165) is 11.1 Å². The lowest BCUT2D eigenvalue weighted by Gasteiger charge is -2.09. The summed E-state index contributed by atoms with van der Waals surface area (Å²) in [4.78, 5) is 0. The van der Waals surface area contributed by atoms with Crippen molar-refractivity contribution in [1.29, 1.82) is 0 Å². The van der Waals surface area contributed by atoms with Crippen molar-refractivity contribution < 1.29 is 5.11 Å². The monoisotopic (exact) mass is 330 g/mol. The van der Waals surface area contributed by atoms with Crippen molar-refractivity contribution in [3.8, 4) is 0 Å². The van der Waals surface area contributed by atoms with Crippen LogP contribution in [0, 0.1) is 9.81 Å². The van der Waals surface area contributed by atoms with Crippen LogP contribution in [0.25, 0.3) is 0 Å². The van der Waals surface area contributed by atoms with Gasteiger partial charge in [0.25, 0.3) is 0 Å². The minimum atomic E-state index is -0.495. The van der Waals surface area contributed by atoms with Gasteiger partial charge < -0.3 is 5.11 Å². The minimum Gasteiger partial charge on any atom is -0.384 e. The van der Waals surface area contributed by atoms with Crippen molar-refractivity contribution >= 4 is 33.9 Å². The predicted molar refractivity (Wildman–Crippen MR) is 72.3 cm³/mol. The van der Waals surface area contributed by atoms with Gasteiger partial charge in [-0.2, -0.15) is 0 Å². The summed E-state index contributed by atoms with van der Waals surface area (Å²) in [5, 5.41) is 12.1. The molecule has 0 saturated carbocycles. The average Bonchev–Trinajstić information content (AvgIpc) is 2.65. The maximum atomic E-state index is 10.1. The molecule has 0 fully saturated rings. The number of aliphatic hydroxyl groups is 1. The lowest BCUT2D eigenvalue weighted by atomic mass is 10.0. The molecule has 0 saturated heterocycles. The molecule has 0 spiro atoms. The Bertz CT molecular complexity index is 447. The molecule has 1 N–H and O–H groups in total. The molecule has 0 aliphatic rings. The van der Waals surface area contributed by atoms with E-state index < -0.39 is 6.10 Å². The van der Waals surface area contributed by atoms with Crippen LogP contribution < -0.4 is 0 Å². The van der Waals surface area contributed by atoms with Crippen molar-refractivity contribution in [1.82, 2.24) is 0 Å². The van der Waals surface area contributed by atoms with Crippen LogP contribution in [0.2, 0.25) is 0 Å². The molecule has 1 aromatic heterocycles. The Kier molecular flexibility index (Phi) is 3.43. The summed E-state index contributed by atoms with van der Waals surface area (Å²) < 4.78 is 1.20. The van der Waals surface area contributed by atoms with Crippen molar-refractivity contribution in [3.63, 3.8) is 0 Å². The molecule has 3 heteroatoms. The Labute approximate surface area is 107 Å². The van der Waals surface area contributed by atoms with E-state index in [1.54, 1.807) is 11.3 Å². The first kappa shape index (κ1) is 11.1. The second kappa shape index (κ2) is 4.63. The second-order valence-corrected chi connectivity index (χ2v) is 6.30. The van der Waals surface area contributed by atoms with Crippen LogP contribution in [0.1, 0.15) is 22.8 Å². The third-order valence-corrected chi connectivity index (χ3v) is 4.10. The van der Waals surface area contributed by atoms with Gasteiger partial charge in [-0.15, -0.1) is 11.3 Å². The van der Waals surface area contributed by atoms with Gasteiger partial charge in [0.1, 0.15) is 6.10 Å². The topological polar surface area (TPSA) is 20.2 Å². The lowest BCUT2D eigenvalue weighted by Crippen LogP contribution is -1.97. The second-order valence-electron chi connectivity index (χ2n) is 3.50. The number of halogens is 1. The fourth-order valence-corrected chi connectivity index (χ4v) is 2.80. The number of aryl methyl sites for hydroxylation is 1. The maximum Gasteiger partial charge on any atom is 0.105 e. The molecule has 0 aliphatic carbocycles. The van der Waals surface area contributed by atoms with Gasteiger partial charge in [-0.3, -0.25) is 0 Å². The van der Waals surface area contributed by atoms with Crippen molar-refractivity contribution in [2.45, 2.75) is 13.0 Å². The maximum absolute atomic E-state index is 10.1. The van der Waals surface area contributed by atoms with Crippen LogP contribution >= 0.6 is 33.9 Å². The highest BCUT2D eigenvalue weighted by atomic mass is 127. The van der Waals surface area contributed by atoms with E-state index in [2.05, 4.69) is 22.6 Å². The average molecular weight is 330 g/mol. The molecule has 0 bridgehead atoms. The SMILES string of the molecule is Cc1ccc(C(O)c2csc(I)c2)cc1. The molecule has 1 nitrogen and oxygen atoms in total. The van der Waals surface area contributed by atoms with E-state index in [0.29, 0.717) is 0 Å². The Morgan fingerprint density at radius 1 is 1.20 bits per heavy atom. The zero-order valence-corrected chi connectivity index (χ0v) is 11.2. The predicted octanol–water partition coefficient (Wildman–Crippen LogP) is 3.74. The molecule has 1 aromatic carbocycles. The first-order valence-corrected chi connectivity index (χ1v) is 6.61. The van der Waals surface area contributed by atoms with Gasteiger partial charge in [0.2, 0.25) is 0 Å². The summed E-state index contributed by atoms with van der Waals surface area (Å²) in [5.74, 6) is 0. The standard InChI is InChI=1S/C12H11IOS/c1-8-2-4-9(5-3-8)12(14)10-6-11(13)15-7-10/h2-7,12,14H,1H3. The largest absolute Gasteiger partial charge is 0.384 e. The van der Waals surface area contributed by atoms with Crippen molar-refractivity contribution in [2.75, 3.05) is 0 Å². The smallest absolute Gasteiger partial charge is 0.105 e. The Morgan fingerprint density at radius 3 is 2.40 bits per heavy atom. The molecule has 2 aromatic rings. The molecular weight excluding hydrogens is 319 g/mol. The lowest BCUT2D eigenvalue weighted by molar-refractivity contribution is 0.221. The number of hydrogen-bond acceptors (Lipinski definition) is 2. The fourth-order valence-electron chi connectivity index (χ4n) is 1.41. The number of benzene rings is 1. The molecule has 2 rings (SSSR count). The summed E-state index contributed by atoms with van der Waals surface area (Å²) in [6.45, 7) is 2.05. The van der Waals surface area contributed by atoms with Crippen LogP contribution in [0.4, 0.5) is 0 Å². The highest BCUT2D eigenvalue weighted by Gasteiger charge is 2.11. The van der Waals surface area contributed by atoms with Gasteiger partial charge in [-0.1, -0.05) is 29.8 Å². The Morgan fingerprint density at radius 2 is 1.87 bits per heavy atom. The fraction of sp³-hybridized carbons (Fsp3) is 0.167. The van der Waals surface area contributed by atoms with E-state index in [-0.39, 0.29) is 0 Å². The molecule has 1 heterocycles. The molecular formula is C12H11IOS. The molecule has 15 heavy (non-hydrogen) atoms. The molecule has 1 atom stereocenters. The third kappa shape index (κ3) is 2.59. The number of aliphatic hydroxyl groups excluding tert-OH is 1. The van der Waals surface area contributed by atoms with Gasteiger partial charge in [-0.25, -0.2) is 0 Å². The van der Waals surface area contributed by atoms with Crippen LogP contribution in [-0.4, -0.2) is 5.11 Å². The van der Waals surface area contributed by atoms with Gasteiger partial charge >= 0.3 is 0 Å². The summed E-state index contributed by atoms with van der Waals surface area (Å²) in [6.07, 6.45) is -0.495. The van der Waals surface area contributed by atoms with Crippen LogP contribution in [0.15, 0.2) is 35.7 Å². The van der Waals surface area contributed by atoms with Gasteiger partial charge in [-0.05, 0) is 52.1 Å². The molecule has 78 valence electrons. The third-order valence-electron chi connectivity index (χ3n) is 2.30. The van der Waals surface area contributed by atoms with E-state index in [1.165, 1.54) is 8.45 Å². The van der Waals surface area contributed by atoms with Gasteiger partial charge in [0.05, 0.1) is 2.88 Å². The molecule has 1 unspecified atom stereocenters. The quantitative estimate of drug-likeness (QED) is 0.832. The summed E-state index contributed by atoms with van der Waals surface area (Å²) in [5.41, 5.74) is 3.15. The van der Waals surface area contributed by atoms with E-state index in [1.807, 2.05) is 42.6 Å². The first-order chi connectivity index (χ1) is 7.16. The molecule has 0 aliphatic heterocycles. The van der Waals surface area contributed by atoms with Gasteiger partial charge in [0, 0.05) is 0 Å². The van der Waals surface area contributed by atoms with Gasteiger partial charge in [0.15, 0.2) is 0 Å².